The van der Waals surface area contributed by atoms with Crippen LogP contribution in [0.5, 0.6) is 0 Å². The van der Waals surface area contributed by atoms with E-state index in [0.29, 0.717) is 0 Å². The molecule has 0 atom stereocenters. The van der Waals surface area contributed by atoms with Crippen molar-refractivity contribution in [2.24, 2.45) is 0 Å². The molecule has 37 heavy (non-hydrogen) atoms. The molecule has 2 radical (unpaired) electrons. The average molecular weight is 639 g/mol. The van der Waals surface area contributed by atoms with Crippen LogP contribution in [0, 0.1) is 6.07 Å². The number of benzene rings is 4. The number of hydrogen-bond acceptors (Lipinski definition) is 0. The molecule has 0 heterocycles. The minimum atomic E-state index is -0.826. The van der Waals surface area contributed by atoms with Gasteiger partial charge in [-0.05, 0) is 24.5 Å². The molecule has 1 aliphatic rings. The third-order valence-electron chi connectivity index (χ3n) is 6.00. The van der Waals surface area contributed by atoms with E-state index in [-0.39, 0.29) is 0 Å². The Balaban J connectivity index is 0.000000175. The molecule has 0 unspecified atom stereocenters. The molecule has 5 aromatic rings. The van der Waals surface area contributed by atoms with E-state index in [2.05, 4.69) is 98.9 Å². The van der Waals surface area contributed by atoms with Crippen LogP contribution in [0.1, 0.15) is 23.6 Å². The molecule has 0 amide bonds. The average Bonchev–Trinajstić information content (AvgIpc) is 3.52. The van der Waals surface area contributed by atoms with Gasteiger partial charge in [0.25, 0.3) is 0 Å². The molecule has 6 rings (SSSR count). The van der Waals surface area contributed by atoms with Crippen molar-refractivity contribution in [2.45, 2.75) is 32.9 Å². The molecular formula is C32H29Cl3SiZr. The molecule has 0 saturated heterocycles. The Labute approximate surface area is 247 Å². The molecule has 0 N–H and O–H groups in total. The van der Waals surface area contributed by atoms with E-state index in [9.17, 15) is 0 Å². The van der Waals surface area contributed by atoms with Crippen molar-refractivity contribution >= 4 is 48.9 Å². The molecule has 5 aromatic carbocycles. The Kier molecular flexibility index (Phi) is 12.8. The molecule has 1 aliphatic carbocycles. The summed E-state index contributed by atoms with van der Waals surface area (Å²) in [5.74, 6) is 0. The van der Waals surface area contributed by atoms with Crippen LogP contribution < -0.4 is 0 Å². The summed E-state index contributed by atoms with van der Waals surface area (Å²) in [5, 5.41) is 3.40. The molecule has 0 aromatic heterocycles. The zero-order valence-electron chi connectivity index (χ0n) is 21.3. The summed E-state index contributed by atoms with van der Waals surface area (Å²) in [6.45, 7) is 6.49. The van der Waals surface area contributed by atoms with Crippen LogP contribution in [0.25, 0.3) is 33.0 Å². The van der Waals surface area contributed by atoms with Gasteiger partial charge in [-0.25, -0.2) is 0 Å². The zero-order chi connectivity index (χ0) is 26.6. The molecule has 0 bridgehead atoms. The van der Waals surface area contributed by atoms with Crippen molar-refractivity contribution in [2.75, 3.05) is 0 Å². The van der Waals surface area contributed by atoms with Crippen LogP contribution in [0.2, 0.25) is 18.1 Å². The van der Waals surface area contributed by atoms with E-state index >= 15 is 0 Å². The summed E-state index contributed by atoms with van der Waals surface area (Å²) in [7, 11) is 11.0. The maximum Gasteiger partial charge on any atom is -0.0253 e. The largest absolute Gasteiger partial charge is 0.179 e. The van der Waals surface area contributed by atoms with E-state index in [4.69, 9.17) is 28.6 Å². The van der Waals surface area contributed by atoms with E-state index in [1.54, 1.807) is 0 Å². The van der Waals surface area contributed by atoms with Crippen LogP contribution >= 0.6 is 28.6 Å². The predicted octanol–water partition coefficient (Wildman–Crippen LogP) is 10.7. The Morgan fingerprint density at radius 1 is 0.838 bits per heavy atom. The number of hydrogen-bond donors (Lipinski definition) is 0. The summed E-state index contributed by atoms with van der Waals surface area (Å²) in [4.78, 5) is 0. The van der Waals surface area contributed by atoms with Crippen LogP contribution in [0.15, 0.2) is 97.1 Å². The van der Waals surface area contributed by atoms with Gasteiger partial charge in [-0.15, -0.1) is 40.1 Å². The van der Waals surface area contributed by atoms with Crippen molar-refractivity contribution in [1.82, 2.24) is 0 Å². The second-order valence-electron chi connectivity index (χ2n) is 8.47. The fraction of sp³-hybridized carbons (Fsp3) is 0.156. The monoisotopic (exact) mass is 636 g/mol. The SMILES string of the molecule is CCc1cc2c(-c3ccccc3Cl)cccc2[cH-]1.C[Si]C.[Cl][Zr+2][Cl].[c-]1cccc2c1Cc1ccccc1-2. The topological polar surface area (TPSA) is 0 Å². The normalized spacial score (nSPS) is 10.4. The molecule has 5 heteroatoms. The van der Waals surface area contributed by atoms with Crippen molar-refractivity contribution in [1.29, 1.82) is 0 Å². The quantitative estimate of drug-likeness (QED) is 0.131. The summed E-state index contributed by atoms with van der Waals surface area (Å²) in [6, 6.07) is 37.1. The smallest absolute Gasteiger partial charge is 0.0253 e. The van der Waals surface area contributed by atoms with Gasteiger partial charge >= 0.3 is 37.9 Å². The van der Waals surface area contributed by atoms with Gasteiger partial charge in [0.2, 0.25) is 0 Å². The fourth-order valence-electron chi connectivity index (χ4n) is 4.41. The number of halogens is 3. The molecular weight excluding hydrogens is 610 g/mol. The van der Waals surface area contributed by atoms with Crippen LogP contribution in [0.4, 0.5) is 0 Å². The van der Waals surface area contributed by atoms with Crippen LogP contribution in [-0.2, 0) is 33.7 Å². The molecule has 0 saturated carbocycles. The maximum atomic E-state index is 6.30. The Morgan fingerprint density at radius 2 is 1.46 bits per heavy atom. The predicted molar refractivity (Wildman–Crippen MR) is 162 cm³/mol. The van der Waals surface area contributed by atoms with E-state index in [1.165, 1.54) is 44.2 Å². The zero-order valence-corrected chi connectivity index (χ0v) is 27.0. The number of rotatable bonds is 2. The Morgan fingerprint density at radius 3 is 2.16 bits per heavy atom. The third kappa shape index (κ3) is 7.98. The molecule has 0 fully saturated rings. The van der Waals surface area contributed by atoms with Gasteiger partial charge in [-0.3, -0.25) is 0 Å². The summed E-state index contributed by atoms with van der Waals surface area (Å²) in [5.41, 5.74) is 9.22. The van der Waals surface area contributed by atoms with Crippen molar-refractivity contribution in [3.8, 4) is 22.3 Å². The second kappa shape index (κ2) is 15.8. The van der Waals surface area contributed by atoms with Gasteiger partial charge in [0.1, 0.15) is 0 Å². The van der Waals surface area contributed by atoms with Gasteiger partial charge in [0.15, 0.2) is 0 Å². The first-order valence-electron chi connectivity index (χ1n) is 12.1. The Bertz CT molecular complexity index is 1360. The standard InChI is InChI=1S/C17H14Cl.C13H9.C2H6Si.2ClH.Zr/c1-2-12-10-13-6-5-8-14(16(13)11-12)15-7-3-4-9-17(15)18;1-3-7-12-10(5-1)9-11-6-2-4-8-13(11)12;1-3-2;;;/h3-11H,2H2,1H3;1-5,7-8H,9H2;1-2H3;2*1H;/q2*-1;;;;+4/p-2. The van der Waals surface area contributed by atoms with Gasteiger partial charge in [0.05, 0.1) is 0 Å². The third-order valence-corrected chi connectivity index (χ3v) is 6.33. The second-order valence-corrected chi connectivity index (χ2v) is 13.6. The maximum absolute atomic E-state index is 6.30. The summed E-state index contributed by atoms with van der Waals surface area (Å²) < 4.78 is 0. The van der Waals surface area contributed by atoms with Gasteiger partial charge in [-0.2, -0.15) is 35.9 Å². The number of fused-ring (bicyclic) bond motifs is 4. The van der Waals surface area contributed by atoms with Crippen molar-refractivity contribution < 1.29 is 20.8 Å². The van der Waals surface area contributed by atoms with E-state index in [1.807, 2.05) is 24.3 Å². The molecule has 0 aliphatic heterocycles. The fourth-order valence-corrected chi connectivity index (χ4v) is 4.65. The summed E-state index contributed by atoms with van der Waals surface area (Å²) in [6.07, 6.45) is 2.11. The van der Waals surface area contributed by atoms with E-state index in [0.717, 1.165) is 32.9 Å². The molecule has 186 valence electrons. The van der Waals surface area contributed by atoms with Gasteiger partial charge in [-0.1, -0.05) is 96.8 Å². The van der Waals surface area contributed by atoms with Gasteiger partial charge < -0.3 is 0 Å². The number of aryl methyl sites for hydroxylation is 1. The van der Waals surface area contributed by atoms with Gasteiger partial charge in [0, 0.05) is 14.5 Å². The molecule has 0 nitrogen and oxygen atoms in total. The minimum absolute atomic E-state index is 0.809. The van der Waals surface area contributed by atoms with Crippen molar-refractivity contribution in [3.05, 3.63) is 125 Å². The van der Waals surface area contributed by atoms with Crippen LogP contribution in [0.3, 0.4) is 0 Å². The van der Waals surface area contributed by atoms with Crippen molar-refractivity contribution in [3.63, 3.8) is 0 Å². The van der Waals surface area contributed by atoms with Crippen LogP contribution in [-0.4, -0.2) is 9.52 Å². The first kappa shape index (κ1) is 30.0. The van der Waals surface area contributed by atoms with E-state index < -0.39 is 20.8 Å². The first-order chi connectivity index (χ1) is 18.1. The first-order valence-corrected chi connectivity index (χ1v) is 20.8. The summed E-state index contributed by atoms with van der Waals surface area (Å²) >= 11 is 5.47. The Hall–Kier alpha value is -1.54. The molecule has 0 spiro atoms. The minimum Gasteiger partial charge on any atom is -0.179 e.